The lowest BCUT2D eigenvalue weighted by atomic mass is 9.93. The molecule has 0 aromatic heterocycles. The second kappa shape index (κ2) is 7.52. The minimum absolute atomic E-state index is 0.316. The molecular weight excluding hydrogens is 266 g/mol. The van der Waals surface area contributed by atoms with E-state index >= 15 is 0 Å². The number of hydrogen-bond acceptors (Lipinski definition) is 4. The molecule has 1 saturated heterocycles. The van der Waals surface area contributed by atoms with Crippen molar-refractivity contribution in [3.05, 3.63) is 54.6 Å². The van der Waals surface area contributed by atoms with Gasteiger partial charge in [-0.15, -0.1) is 6.58 Å². The van der Waals surface area contributed by atoms with Crippen LogP contribution in [0.15, 0.2) is 49.1 Å². The Hall–Kier alpha value is -1.46. The van der Waals surface area contributed by atoms with Crippen LogP contribution >= 0.6 is 0 Å². The minimum Gasteiger partial charge on any atom is -0.389 e. The standard InChI is InChI=1S/C17H23NO3/c1-2-3-11-18-12-15(19)17(21)16(20)14(18)10-9-13-7-5-4-6-8-13/h2,4-10,14-17,19-21H,1,3,11-12H2/b10-9+/t14-,15-,16+,17+/m1/s1. The van der Waals surface area contributed by atoms with Crippen LogP contribution < -0.4 is 0 Å². The van der Waals surface area contributed by atoms with Gasteiger partial charge in [-0.05, 0) is 12.0 Å². The van der Waals surface area contributed by atoms with Gasteiger partial charge in [0.1, 0.15) is 12.2 Å². The van der Waals surface area contributed by atoms with Crippen molar-refractivity contribution in [3.8, 4) is 0 Å². The van der Waals surface area contributed by atoms with E-state index in [0.717, 1.165) is 12.0 Å². The summed E-state index contributed by atoms with van der Waals surface area (Å²) in [6, 6.07) is 9.48. The summed E-state index contributed by atoms with van der Waals surface area (Å²) in [4.78, 5) is 1.98. The molecule has 21 heavy (non-hydrogen) atoms. The van der Waals surface area contributed by atoms with Gasteiger partial charge in [-0.2, -0.15) is 0 Å². The van der Waals surface area contributed by atoms with Crippen LogP contribution in [-0.4, -0.2) is 57.7 Å². The van der Waals surface area contributed by atoms with E-state index in [9.17, 15) is 15.3 Å². The quantitative estimate of drug-likeness (QED) is 0.709. The number of benzene rings is 1. The monoisotopic (exact) mass is 289 g/mol. The lowest BCUT2D eigenvalue weighted by Gasteiger charge is -2.42. The van der Waals surface area contributed by atoms with E-state index < -0.39 is 18.3 Å². The number of hydrogen-bond donors (Lipinski definition) is 3. The molecule has 0 spiro atoms. The highest BCUT2D eigenvalue weighted by atomic mass is 16.4. The van der Waals surface area contributed by atoms with E-state index in [-0.39, 0.29) is 6.04 Å². The SMILES string of the molecule is C=CCCN1C[C@@H](O)[C@H](O)[C@@H](O)[C@H]1/C=C/c1ccccc1. The highest BCUT2D eigenvalue weighted by molar-refractivity contribution is 5.49. The Bertz CT molecular complexity index is 474. The Labute approximate surface area is 125 Å². The molecule has 4 nitrogen and oxygen atoms in total. The van der Waals surface area contributed by atoms with Crippen LogP contribution in [-0.2, 0) is 0 Å². The van der Waals surface area contributed by atoms with Gasteiger partial charge < -0.3 is 15.3 Å². The molecule has 0 aliphatic carbocycles. The summed E-state index contributed by atoms with van der Waals surface area (Å²) in [7, 11) is 0. The molecule has 0 unspecified atom stereocenters. The van der Waals surface area contributed by atoms with Crippen LogP contribution in [0.1, 0.15) is 12.0 Å². The predicted molar refractivity (Wildman–Crippen MR) is 83.7 cm³/mol. The van der Waals surface area contributed by atoms with Crippen molar-refractivity contribution >= 4 is 6.08 Å². The first-order valence-corrected chi connectivity index (χ1v) is 7.26. The van der Waals surface area contributed by atoms with E-state index in [1.807, 2.05) is 53.5 Å². The van der Waals surface area contributed by atoms with Crippen molar-refractivity contribution in [1.29, 1.82) is 0 Å². The number of aliphatic hydroxyl groups is 3. The van der Waals surface area contributed by atoms with Crippen LogP contribution in [0, 0.1) is 0 Å². The third-order valence-electron chi connectivity index (χ3n) is 3.84. The molecule has 1 aromatic carbocycles. The Balaban J connectivity index is 2.14. The van der Waals surface area contributed by atoms with Gasteiger partial charge in [0, 0.05) is 13.1 Å². The molecule has 1 aliphatic rings. The van der Waals surface area contributed by atoms with Crippen LogP contribution in [0.2, 0.25) is 0 Å². The van der Waals surface area contributed by atoms with Gasteiger partial charge >= 0.3 is 0 Å². The van der Waals surface area contributed by atoms with Crippen LogP contribution in [0.4, 0.5) is 0 Å². The normalized spacial score (nSPS) is 30.6. The van der Waals surface area contributed by atoms with E-state index in [2.05, 4.69) is 6.58 Å². The predicted octanol–water partition coefficient (Wildman–Crippen LogP) is 1.04. The molecule has 114 valence electrons. The van der Waals surface area contributed by atoms with Crippen molar-refractivity contribution in [1.82, 2.24) is 4.90 Å². The third kappa shape index (κ3) is 4.02. The largest absolute Gasteiger partial charge is 0.389 e. The average Bonchev–Trinajstić information content (AvgIpc) is 2.51. The molecular formula is C17H23NO3. The molecule has 1 heterocycles. The molecule has 4 atom stereocenters. The summed E-state index contributed by atoms with van der Waals surface area (Å²) in [5.74, 6) is 0. The molecule has 0 radical (unpaired) electrons. The van der Waals surface area contributed by atoms with Crippen molar-refractivity contribution in [2.24, 2.45) is 0 Å². The molecule has 4 heteroatoms. The number of β-amino-alcohol motifs (C(OH)–C–C–N with tert-alkyl or cyclic N) is 1. The van der Waals surface area contributed by atoms with Gasteiger partial charge in [-0.3, -0.25) is 4.90 Å². The van der Waals surface area contributed by atoms with Gasteiger partial charge in [0.15, 0.2) is 0 Å². The summed E-state index contributed by atoms with van der Waals surface area (Å²) >= 11 is 0. The van der Waals surface area contributed by atoms with Crippen molar-refractivity contribution in [2.75, 3.05) is 13.1 Å². The first-order valence-electron chi connectivity index (χ1n) is 7.26. The zero-order valence-corrected chi connectivity index (χ0v) is 12.0. The zero-order chi connectivity index (χ0) is 15.2. The van der Waals surface area contributed by atoms with Crippen LogP contribution in [0.5, 0.6) is 0 Å². The van der Waals surface area contributed by atoms with Gasteiger partial charge in [0.05, 0.1) is 12.1 Å². The summed E-state index contributed by atoms with van der Waals surface area (Å²) in [6.07, 6.45) is 3.35. The second-order valence-electron chi connectivity index (χ2n) is 5.38. The molecule has 0 bridgehead atoms. The number of nitrogens with zero attached hydrogens (tertiary/aromatic N) is 1. The Morgan fingerprint density at radius 3 is 2.52 bits per heavy atom. The van der Waals surface area contributed by atoms with Crippen molar-refractivity contribution in [3.63, 3.8) is 0 Å². The van der Waals surface area contributed by atoms with E-state index in [1.54, 1.807) is 0 Å². The number of likely N-dealkylation sites (tertiary alicyclic amines) is 1. The van der Waals surface area contributed by atoms with Gasteiger partial charge in [0.2, 0.25) is 0 Å². The van der Waals surface area contributed by atoms with E-state index in [4.69, 9.17) is 0 Å². The summed E-state index contributed by atoms with van der Waals surface area (Å²) in [5.41, 5.74) is 1.04. The molecule has 0 amide bonds. The Kier molecular flexibility index (Phi) is 5.70. The zero-order valence-electron chi connectivity index (χ0n) is 12.0. The Morgan fingerprint density at radius 1 is 1.14 bits per heavy atom. The molecule has 3 N–H and O–H groups in total. The third-order valence-corrected chi connectivity index (χ3v) is 3.84. The lowest BCUT2D eigenvalue weighted by Crippen LogP contribution is -2.60. The fraction of sp³-hybridized carbons (Fsp3) is 0.412. The first kappa shape index (κ1) is 15.9. The van der Waals surface area contributed by atoms with E-state index in [1.165, 1.54) is 0 Å². The van der Waals surface area contributed by atoms with Crippen LogP contribution in [0.3, 0.4) is 0 Å². The Morgan fingerprint density at radius 2 is 1.86 bits per heavy atom. The smallest absolute Gasteiger partial charge is 0.109 e. The van der Waals surface area contributed by atoms with Gasteiger partial charge in [-0.25, -0.2) is 0 Å². The first-order chi connectivity index (χ1) is 10.1. The fourth-order valence-corrected chi connectivity index (χ4v) is 2.62. The fourth-order valence-electron chi connectivity index (χ4n) is 2.62. The highest BCUT2D eigenvalue weighted by Gasteiger charge is 2.39. The van der Waals surface area contributed by atoms with Gasteiger partial charge in [-0.1, -0.05) is 48.6 Å². The molecule has 1 aromatic rings. The second-order valence-corrected chi connectivity index (χ2v) is 5.38. The molecule has 0 saturated carbocycles. The maximum Gasteiger partial charge on any atom is 0.109 e. The topological polar surface area (TPSA) is 63.9 Å². The maximum atomic E-state index is 10.2. The summed E-state index contributed by atoms with van der Waals surface area (Å²) < 4.78 is 0. The van der Waals surface area contributed by atoms with Crippen LogP contribution in [0.25, 0.3) is 6.08 Å². The molecule has 1 aliphatic heterocycles. The maximum absolute atomic E-state index is 10.2. The average molecular weight is 289 g/mol. The lowest BCUT2D eigenvalue weighted by molar-refractivity contribution is -0.126. The minimum atomic E-state index is -1.12. The van der Waals surface area contributed by atoms with Crippen molar-refractivity contribution < 1.29 is 15.3 Å². The van der Waals surface area contributed by atoms with Crippen molar-refractivity contribution in [2.45, 2.75) is 30.8 Å². The number of rotatable bonds is 5. The summed E-state index contributed by atoms with van der Waals surface area (Å²) in [5, 5.41) is 29.9. The molecule has 1 fully saturated rings. The molecule has 2 rings (SSSR count). The highest BCUT2D eigenvalue weighted by Crippen LogP contribution is 2.21. The summed E-state index contributed by atoms with van der Waals surface area (Å²) in [6.45, 7) is 4.73. The van der Waals surface area contributed by atoms with Gasteiger partial charge in [0.25, 0.3) is 0 Å². The number of piperidine rings is 1. The van der Waals surface area contributed by atoms with E-state index in [0.29, 0.717) is 13.1 Å². The number of aliphatic hydroxyl groups excluding tert-OH is 3.